The van der Waals surface area contributed by atoms with E-state index in [4.69, 9.17) is 0 Å². The van der Waals surface area contributed by atoms with Gasteiger partial charge >= 0.3 is 0 Å². The second-order valence-electron chi connectivity index (χ2n) is 14.5. The van der Waals surface area contributed by atoms with Crippen molar-refractivity contribution in [2.45, 2.75) is 25.7 Å². The molecule has 0 atom stereocenters. The molecule has 0 aliphatic heterocycles. The fraction of sp³-hybridized carbons (Fsp3) is 0.0714. The zero-order chi connectivity index (χ0) is 38.1. The SMILES string of the molecule is C=CC=CC(=C)c1cccc(-c2ccc(-c3ccccc3)cc2)ccc(C2=CC=C(C3=CC=CCC3)CC2)c2ccc(-c3ccc(-c4ccccc4)cc3)cc12. The zero-order valence-corrected chi connectivity index (χ0v) is 31.9. The van der Waals surface area contributed by atoms with E-state index in [1.165, 1.54) is 66.6 Å². The van der Waals surface area contributed by atoms with Crippen molar-refractivity contribution in [3.8, 4) is 44.5 Å². The van der Waals surface area contributed by atoms with E-state index in [9.17, 15) is 0 Å². The van der Waals surface area contributed by atoms with Gasteiger partial charge in [-0.15, -0.1) is 0 Å². The maximum Gasteiger partial charge on any atom is -0.00933 e. The number of fused-ring (bicyclic) bond motifs is 1. The monoisotopic (exact) mass is 718 g/mol. The molecule has 8 rings (SSSR count). The molecule has 0 bridgehead atoms. The minimum absolute atomic E-state index is 0.933. The molecule has 2 aliphatic rings. The highest BCUT2D eigenvalue weighted by Gasteiger charge is 2.15. The minimum Gasteiger partial charge on any atom is -0.0991 e. The molecule has 0 aromatic heterocycles. The summed E-state index contributed by atoms with van der Waals surface area (Å²) in [5.74, 6) is 0. The van der Waals surface area contributed by atoms with Crippen molar-refractivity contribution in [3.63, 3.8) is 0 Å². The van der Waals surface area contributed by atoms with Crippen LogP contribution in [0.2, 0.25) is 0 Å². The first kappa shape index (κ1) is 36.2. The Morgan fingerprint density at radius 3 is 1.52 bits per heavy atom. The normalized spacial score (nSPS) is 13.8. The summed E-state index contributed by atoms with van der Waals surface area (Å²) in [4.78, 5) is 0. The van der Waals surface area contributed by atoms with Crippen LogP contribution >= 0.6 is 0 Å². The number of hydrogen-bond donors (Lipinski definition) is 0. The Kier molecular flexibility index (Phi) is 11.1. The minimum atomic E-state index is 0.933. The van der Waals surface area contributed by atoms with Crippen molar-refractivity contribution in [2.24, 2.45) is 0 Å². The Morgan fingerprint density at radius 2 is 0.946 bits per heavy atom. The molecule has 6 aromatic rings. The molecule has 0 heterocycles. The van der Waals surface area contributed by atoms with Crippen LogP contribution in [-0.4, -0.2) is 0 Å². The fourth-order valence-electron chi connectivity index (χ4n) is 7.84. The second kappa shape index (κ2) is 17.1. The van der Waals surface area contributed by atoms with Crippen LogP contribution < -0.4 is 0 Å². The largest absolute Gasteiger partial charge is 0.0991 e. The van der Waals surface area contributed by atoms with Gasteiger partial charge in [0, 0.05) is 0 Å². The van der Waals surface area contributed by atoms with Crippen LogP contribution in [0.5, 0.6) is 0 Å². The lowest BCUT2D eigenvalue weighted by Crippen LogP contribution is -1.99. The summed E-state index contributed by atoms with van der Waals surface area (Å²) in [5.41, 5.74) is 17.0. The molecule has 56 heavy (non-hydrogen) atoms. The molecule has 2 aliphatic carbocycles. The highest BCUT2D eigenvalue weighted by molar-refractivity contribution is 6.02. The van der Waals surface area contributed by atoms with Crippen LogP contribution in [0.3, 0.4) is 0 Å². The highest BCUT2D eigenvalue weighted by atomic mass is 14.2. The van der Waals surface area contributed by atoms with Gasteiger partial charge in [0.1, 0.15) is 0 Å². The van der Waals surface area contributed by atoms with Crippen LogP contribution in [0.15, 0.2) is 231 Å². The van der Waals surface area contributed by atoms with Crippen LogP contribution in [0, 0.1) is 0 Å². The second-order valence-corrected chi connectivity index (χ2v) is 14.5. The van der Waals surface area contributed by atoms with Crippen LogP contribution in [0.4, 0.5) is 0 Å². The average molecular weight is 719 g/mol. The van der Waals surface area contributed by atoms with Gasteiger partial charge in [0.05, 0.1) is 0 Å². The molecular weight excluding hydrogens is 673 g/mol. The summed E-state index contributed by atoms with van der Waals surface area (Å²) < 4.78 is 0. The van der Waals surface area contributed by atoms with Crippen LogP contribution in [0.1, 0.15) is 36.8 Å². The molecule has 0 heteroatoms. The lowest BCUT2D eigenvalue weighted by Gasteiger charge is -2.20. The maximum atomic E-state index is 4.60. The van der Waals surface area contributed by atoms with E-state index < -0.39 is 0 Å². The Balaban J connectivity index is 1.32. The molecule has 0 amide bonds. The van der Waals surface area contributed by atoms with E-state index in [0.717, 1.165) is 47.8 Å². The van der Waals surface area contributed by atoms with Gasteiger partial charge in [0.15, 0.2) is 0 Å². The van der Waals surface area contributed by atoms with Crippen molar-refractivity contribution in [1.29, 1.82) is 0 Å². The Hall–Kier alpha value is -6.76. The summed E-state index contributed by atoms with van der Waals surface area (Å²) in [6.45, 7) is 8.55. The van der Waals surface area contributed by atoms with Crippen molar-refractivity contribution < 1.29 is 0 Å². The van der Waals surface area contributed by atoms with Crippen molar-refractivity contribution in [2.75, 3.05) is 0 Å². The average Bonchev–Trinajstić information content (AvgIpc) is 3.28. The van der Waals surface area contributed by atoms with Gasteiger partial charge in [-0.05, 0) is 120 Å². The molecule has 0 unspecified atom stereocenters. The lowest BCUT2D eigenvalue weighted by molar-refractivity contribution is 0.905. The third-order valence-electron chi connectivity index (χ3n) is 10.9. The van der Waals surface area contributed by atoms with Crippen molar-refractivity contribution in [1.82, 2.24) is 0 Å². The fourth-order valence-corrected chi connectivity index (χ4v) is 7.84. The van der Waals surface area contributed by atoms with Gasteiger partial charge in [0.2, 0.25) is 0 Å². The van der Waals surface area contributed by atoms with Gasteiger partial charge in [-0.2, -0.15) is 0 Å². The molecule has 0 spiro atoms. The Morgan fingerprint density at radius 1 is 0.446 bits per heavy atom. The van der Waals surface area contributed by atoms with E-state index in [0.29, 0.717) is 0 Å². The van der Waals surface area contributed by atoms with Gasteiger partial charge in [-0.1, -0.05) is 213 Å². The third-order valence-corrected chi connectivity index (χ3v) is 10.9. The highest BCUT2D eigenvalue weighted by Crippen LogP contribution is 2.38. The molecule has 0 fully saturated rings. The quantitative estimate of drug-likeness (QED) is 0.131. The third kappa shape index (κ3) is 8.16. The van der Waals surface area contributed by atoms with Gasteiger partial charge in [-0.3, -0.25) is 0 Å². The first-order valence-electron chi connectivity index (χ1n) is 19.7. The summed E-state index contributed by atoms with van der Waals surface area (Å²) in [6, 6.07) is 57.2. The first-order valence-corrected chi connectivity index (χ1v) is 19.7. The number of benzene rings is 5. The predicted molar refractivity (Wildman–Crippen MR) is 243 cm³/mol. The molecule has 0 saturated carbocycles. The lowest BCUT2D eigenvalue weighted by atomic mass is 9.85. The number of hydrogen-bond acceptors (Lipinski definition) is 0. The molecular formula is C56H46. The summed E-state index contributed by atoms with van der Waals surface area (Å²) in [7, 11) is 0. The van der Waals surface area contributed by atoms with E-state index in [-0.39, 0.29) is 0 Å². The van der Waals surface area contributed by atoms with Crippen molar-refractivity contribution in [3.05, 3.63) is 242 Å². The molecule has 270 valence electrons. The molecule has 6 aromatic carbocycles. The Labute approximate surface area is 332 Å². The summed E-state index contributed by atoms with van der Waals surface area (Å²) in [5, 5.41) is 2.35. The van der Waals surface area contributed by atoms with E-state index in [2.05, 4.69) is 207 Å². The van der Waals surface area contributed by atoms with E-state index >= 15 is 0 Å². The number of rotatable bonds is 9. The first-order chi connectivity index (χ1) is 27.6. The van der Waals surface area contributed by atoms with Crippen LogP contribution in [-0.2, 0) is 0 Å². The molecule has 0 radical (unpaired) electrons. The van der Waals surface area contributed by atoms with Gasteiger partial charge < -0.3 is 0 Å². The van der Waals surface area contributed by atoms with E-state index in [1.807, 2.05) is 12.2 Å². The Bertz CT molecular complexity index is 2600. The van der Waals surface area contributed by atoms with Crippen molar-refractivity contribution >= 4 is 21.9 Å². The smallest absolute Gasteiger partial charge is 0.00933 e. The van der Waals surface area contributed by atoms with Gasteiger partial charge in [0.25, 0.3) is 0 Å². The molecule has 0 saturated heterocycles. The predicted octanol–water partition coefficient (Wildman–Crippen LogP) is 15.8. The molecule has 0 N–H and O–H groups in total. The van der Waals surface area contributed by atoms with Crippen LogP contribution in [0.25, 0.3) is 66.4 Å². The van der Waals surface area contributed by atoms with E-state index in [1.54, 1.807) is 0 Å². The standard InChI is InChI=1S/C56H46/c1-3-4-15-41(2)53-23-14-22-45(49-26-24-46(25-27-49)42-16-8-5-9-17-42)36-38-54(51-34-32-48(33-35-51)44-20-12-7-13-21-44)55-39-37-52(40-56(53)55)50-30-28-47(29-31-50)43-18-10-6-11-19-43/h3-12,14-20,22-32,34,36-40H,1-2,13,21,33,35H2. The van der Waals surface area contributed by atoms with Gasteiger partial charge in [-0.25, -0.2) is 0 Å². The number of allylic oxidation sites excluding steroid dienone is 12. The zero-order valence-electron chi connectivity index (χ0n) is 31.9. The topological polar surface area (TPSA) is 0 Å². The maximum absolute atomic E-state index is 4.60. The molecule has 0 nitrogen and oxygen atoms in total. The summed E-state index contributed by atoms with van der Waals surface area (Å²) in [6.07, 6.45) is 21.6. The summed E-state index contributed by atoms with van der Waals surface area (Å²) >= 11 is 0.